The molecule has 0 fully saturated rings. The predicted octanol–water partition coefficient (Wildman–Crippen LogP) is 15.0. The first-order chi connectivity index (χ1) is 26.7. The lowest BCUT2D eigenvalue weighted by Gasteiger charge is -2.26. The summed E-state index contributed by atoms with van der Waals surface area (Å²) in [6.07, 6.45) is 0. The van der Waals surface area contributed by atoms with Crippen LogP contribution in [0.2, 0.25) is 0 Å². The molecule has 0 saturated carbocycles. The fraction of sp³-hybridized carbons (Fsp3) is 0. The molecule has 0 radical (unpaired) electrons. The Morgan fingerprint density at radius 2 is 0.667 bits per heavy atom. The van der Waals surface area contributed by atoms with Gasteiger partial charge >= 0.3 is 0 Å². The van der Waals surface area contributed by atoms with Crippen molar-refractivity contribution in [3.8, 4) is 22.3 Å². The minimum absolute atomic E-state index is 0.909. The number of para-hydroxylation sites is 1. The quantitative estimate of drug-likeness (QED) is 0.168. The number of benzene rings is 10. The maximum atomic E-state index is 6.11. The van der Waals surface area contributed by atoms with E-state index in [1.165, 1.54) is 54.2 Å². The number of rotatable bonds is 5. The standard InChI is InChI=1S/C52H33NO/c1-3-9-45-36(7-1)13-15-38-17-18-40(31-48(38)45)34-19-25-42(26-20-34)53(44-29-23-39-16-14-37-8-2-4-10-46(37)49(39)33-44)43-27-21-35(22-28-43)41-24-30-52-50(32-41)47-11-5-6-12-51(47)54-52/h1-33H. The van der Waals surface area contributed by atoms with Gasteiger partial charge in [0.2, 0.25) is 0 Å². The van der Waals surface area contributed by atoms with Crippen molar-refractivity contribution in [1.29, 1.82) is 0 Å². The smallest absolute Gasteiger partial charge is 0.135 e. The maximum absolute atomic E-state index is 6.11. The monoisotopic (exact) mass is 687 g/mol. The molecule has 10 aromatic carbocycles. The Labute approximate surface area is 312 Å². The molecule has 1 aromatic heterocycles. The van der Waals surface area contributed by atoms with Crippen LogP contribution < -0.4 is 4.90 Å². The molecule has 252 valence electrons. The van der Waals surface area contributed by atoms with Gasteiger partial charge in [0.1, 0.15) is 11.2 Å². The van der Waals surface area contributed by atoms with Crippen LogP contribution in [-0.2, 0) is 0 Å². The molecule has 0 unspecified atom stereocenters. The van der Waals surface area contributed by atoms with E-state index in [9.17, 15) is 0 Å². The van der Waals surface area contributed by atoms with Gasteiger partial charge in [0.15, 0.2) is 0 Å². The van der Waals surface area contributed by atoms with Crippen LogP contribution in [0.15, 0.2) is 205 Å². The molecule has 1 heterocycles. The van der Waals surface area contributed by atoms with Gasteiger partial charge in [0.25, 0.3) is 0 Å². The zero-order chi connectivity index (χ0) is 35.6. The third-order valence-corrected chi connectivity index (χ3v) is 11.0. The molecule has 0 aliphatic rings. The highest BCUT2D eigenvalue weighted by molar-refractivity contribution is 6.10. The second kappa shape index (κ2) is 12.2. The highest BCUT2D eigenvalue weighted by Gasteiger charge is 2.16. The van der Waals surface area contributed by atoms with E-state index in [2.05, 4.69) is 193 Å². The topological polar surface area (TPSA) is 16.4 Å². The number of nitrogens with zero attached hydrogens (tertiary/aromatic N) is 1. The summed E-state index contributed by atoms with van der Waals surface area (Å²) in [5.74, 6) is 0. The number of fused-ring (bicyclic) bond motifs is 9. The van der Waals surface area contributed by atoms with Crippen LogP contribution in [0, 0.1) is 0 Å². The Balaban J connectivity index is 1.02. The summed E-state index contributed by atoms with van der Waals surface area (Å²) in [5.41, 5.74) is 9.86. The first-order valence-electron chi connectivity index (χ1n) is 18.5. The number of hydrogen-bond donors (Lipinski definition) is 0. The van der Waals surface area contributed by atoms with E-state index in [0.29, 0.717) is 0 Å². The fourth-order valence-corrected chi connectivity index (χ4v) is 8.27. The van der Waals surface area contributed by atoms with Crippen LogP contribution in [0.5, 0.6) is 0 Å². The van der Waals surface area contributed by atoms with E-state index in [1.54, 1.807) is 0 Å². The van der Waals surface area contributed by atoms with E-state index < -0.39 is 0 Å². The zero-order valence-electron chi connectivity index (χ0n) is 29.4. The molecular formula is C52H33NO. The highest BCUT2D eigenvalue weighted by atomic mass is 16.3. The molecule has 2 heteroatoms. The Morgan fingerprint density at radius 1 is 0.259 bits per heavy atom. The molecule has 54 heavy (non-hydrogen) atoms. The zero-order valence-corrected chi connectivity index (χ0v) is 29.4. The second-order valence-corrected chi connectivity index (χ2v) is 14.2. The van der Waals surface area contributed by atoms with Gasteiger partial charge in [-0.25, -0.2) is 0 Å². The van der Waals surface area contributed by atoms with Crippen LogP contribution in [0.4, 0.5) is 17.1 Å². The highest BCUT2D eigenvalue weighted by Crippen LogP contribution is 2.40. The molecule has 0 saturated heterocycles. The van der Waals surface area contributed by atoms with Crippen LogP contribution >= 0.6 is 0 Å². The van der Waals surface area contributed by atoms with Crippen molar-refractivity contribution < 1.29 is 4.42 Å². The van der Waals surface area contributed by atoms with E-state index >= 15 is 0 Å². The Bertz CT molecular complexity index is 3210. The van der Waals surface area contributed by atoms with Gasteiger partial charge in [-0.3, -0.25) is 0 Å². The van der Waals surface area contributed by atoms with E-state index in [1.807, 2.05) is 12.1 Å². The lowest BCUT2D eigenvalue weighted by Crippen LogP contribution is -2.09. The normalized spacial score (nSPS) is 11.7. The van der Waals surface area contributed by atoms with Gasteiger partial charge < -0.3 is 9.32 Å². The van der Waals surface area contributed by atoms with Crippen molar-refractivity contribution in [3.05, 3.63) is 200 Å². The molecule has 0 N–H and O–H groups in total. The van der Waals surface area contributed by atoms with Crippen molar-refractivity contribution in [1.82, 2.24) is 0 Å². The van der Waals surface area contributed by atoms with E-state index in [-0.39, 0.29) is 0 Å². The van der Waals surface area contributed by atoms with Crippen molar-refractivity contribution in [2.24, 2.45) is 0 Å². The third-order valence-electron chi connectivity index (χ3n) is 11.0. The summed E-state index contributed by atoms with van der Waals surface area (Å²) >= 11 is 0. The Morgan fingerprint density at radius 3 is 1.30 bits per heavy atom. The van der Waals surface area contributed by atoms with E-state index in [0.717, 1.165) is 50.1 Å². The average Bonchev–Trinajstić information content (AvgIpc) is 3.62. The predicted molar refractivity (Wildman–Crippen MR) is 229 cm³/mol. The third kappa shape index (κ3) is 5.03. The summed E-state index contributed by atoms with van der Waals surface area (Å²) in [6, 6.07) is 72.5. The van der Waals surface area contributed by atoms with Crippen LogP contribution in [0.1, 0.15) is 0 Å². The van der Waals surface area contributed by atoms with Gasteiger partial charge in [-0.05, 0) is 126 Å². The minimum atomic E-state index is 0.909. The molecule has 0 amide bonds. The summed E-state index contributed by atoms with van der Waals surface area (Å²) in [7, 11) is 0. The summed E-state index contributed by atoms with van der Waals surface area (Å²) in [4.78, 5) is 2.37. The molecule has 2 nitrogen and oxygen atoms in total. The number of hydrogen-bond acceptors (Lipinski definition) is 2. The summed E-state index contributed by atoms with van der Waals surface area (Å²) in [6.45, 7) is 0. The first kappa shape index (κ1) is 30.5. The van der Waals surface area contributed by atoms with E-state index in [4.69, 9.17) is 4.42 Å². The van der Waals surface area contributed by atoms with Gasteiger partial charge in [-0.15, -0.1) is 0 Å². The average molecular weight is 688 g/mol. The summed E-state index contributed by atoms with van der Waals surface area (Å²) in [5, 5.41) is 12.3. The largest absolute Gasteiger partial charge is 0.456 e. The SMILES string of the molecule is c1ccc2c(c1)ccc1ccc(-c3ccc(N(c4ccc(-c5ccc6oc7ccccc7c6c5)cc4)c4ccc5ccc6ccccc6c5c4)cc3)cc12. The van der Waals surface area contributed by atoms with Gasteiger partial charge in [0.05, 0.1) is 0 Å². The molecular weight excluding hydrogens is 655 g/mol. The summed E-state index contributed by atoms with van der Waals surface area (Å²) < 4.78 is 6.11. The Kier molecular flexibility index (Phi) is 6.90. The van der Waals surface area contributed by atoms with Crippen LogP contribution in [0.3, 0.4) is 0 Å². The fourth-order valence-electron chi connectivity index (χ4n) is 8.27. The molecule has 0 aliphatic heterocycles. The maximum Gasteiger partial charge on any atom is 0.135 e. The molecule has 11 aromatic rings. The van der Waals surface area contributed by atoms with Crippen molar-refractivity contribution >= 4 is 82.1 Å². The lowest BCUT2D eigenvalue weighted by molar-refractivity contribution is 0.669. The van der Waals surface area contributed by atoms with Gasteiger partial charge in [-0.2, -0.15) is 0 Å². The number of furan rings is 1. The lowest BCUT2D eigenvalue weighted by atomic mass is 9.97. The van der Waals surface area contributed by atoms with Crippen LogP contribution in [-0.4, -0.2) is 0 Å². The number of anilines is 3. The van der Waals surface area contributed by atoms with Crippen LogP contribution in [0.25, 0.3) is 87.3 Å². The van der Waals surface area contributed by atoms with Crippen molar-refractivity contribution in [2.75, 3.05) is 4.90 Å². The van der Waals surface area contributed by atoms with Crippen molar-refractivity contribution in [2.45, 2.75) is 0 Å². The van der Waals surface area contributed by atoms with Gasteiger partial charge in [0, 0.05) is 27.8 Å². The molecule has 0 aliphatic carbocycles. The molecule has 0 atom stereocenters. The first-order valence-corrected chi connectivity index (χ1v) is 18.5. The molecule has 11 rings (SSSR count). The van der Waals surface area contributed by atoms with Gasteiger partial charge in [-0.1, -0.05) is 140 Å². The minimum Gasteiger partial charge on any atom is -0.456 e. The second-order valence-electron chi connectivity index (χ2n) is 14.2. The molecule has 0 spiro atoms. The van der Waals surface area contributed by atoms with Crippen molar-refractivity contribution in [3.63, 3.8) is 0 Å². The Hall–Kier alpha value is -7.16. The molecule has 0 bridgehead atoms.